The van der Waals surface area contributed by atoms with Crippen LogP contribution in [0.25, 0.3) is 0 Å². The first-order chi connectivity index (χ1) is 9.94. The van der Waals surface area contributed by atoms with Crippen molar-refractivity contribution in [2.24, 2.45) is 5.92 Å². The van der Waals surface area contributed by atoms with Crippen LogP contribution in [0, 0.1) is 5.92 Å². The standard InChI is InChI=1S/C14H15BrO5S/c15-12-1-3-13(4-2-12)19-6-7-20-14(16)9-11-5-8-21(17,18)10-11/h1-5,8,11H,6-7,9-10H2. The average Bonchev–Trinajstić information content (AvgIpc) is 2.76. The minimum Gasteiger partial charge on any atom is -0.490 e. The van der Waals surface area contributed by atoms with Gasteiger partial charge in [-0.1, -0.05) is 22.0 Å². The van der Waals surface area contributed by atoms with Crippen LogP contribution in [0.15, 0.2) is 40.2 Å². The van der Waals surface area contributed by atoms with Crippen LogP contribution in [0.5, 0.6) is 5.75 Å². The predicted molar refractivity (Wildman–Crippen MR) is 81.6 cm³/mol. The van der Waals surface area contributed by atoms with Crippen molar-refractivity contribution in [3.63, 3.8) is 0 Å². The third kappa shape index (κ3) is 5.51. The van der Waals surface area contributed by atoms with Gasteiger partial charge in [-0.3, -0.25) is 4.79 Å². The molecule has 0 spiro atoms. The predicted octanol–water partition coefficient (Wildman–Crippen LogP) is 2.32. The fourth-order valence-electron chi connectivity index (χ4n) is 1.89. The zero-order valence-corrected chi connectivity index (χ0v) is 13.6. The van der Waals surface area contributed by atoms with Gasteiger partial charge in [-0.2, -0.15) is 0 Å². The van der Waals surface area contributed by atoms with Crippen LogP contribution < -0.4 is 4.74 Å². The van der Waals surface area contributed by atoms with Crippen molar-refractivity contribution in [1.29, 1.82) is 0 Å². The Morgan fingerprint density at radius 1 is 1.24 bits per heavy atom. The van der Waals surface area contributed by atoms with Gasteiger partial charge in [0.05, 0.1) is 12.2 Å². The smallest absolute Gasteiger partial charge is 0.306 e. The number of hydrogen-bond acceptors (Lipinski definition) is 5. The molecule has 0 aliphatic carbocycles. The first-order valence-corrected chi connectivity index (χ1v) is 8.90. The Labute approximate surface area is 132 Å². The fraction of sp³-hybridized carbons (Fsp3) is 0.357. The second kappa shape index (κ2) is 7.09. The normalized spacial score (nSPS) is 19.4. The highest BCUT2D eigenvalue weighted by Gasteiger charge is 2.24. The molecule has 114 valence electrons. The first-order valence-electron chi connectivity index (χ1n) is 6.39. The zero-order chi connectivity index (χ0) is 15.3. The third-order valence-corrected chi connectivity index (χ3v) is 4.86. The summed E-state index contributed by atoms with van der Waals surface area (Å²) in [5.41, 5.74) is 0. The molecule has 0 saturated carbocycles. The molecule has 1 aliphatic heterocycles. The van der Waals surface area contributed by atoms with Crippen LogP contribution in [0.3, 0.4) is 0 Å². The summed E-state index contributed by atoms with van der Waals surface area (Å²) in [5, 5.41) is 1.15. The topological polar surface area (TPSA) is 69.7 Å². The minimum atomic E-state index is -3.12. The minimum absolute atomic E-state index is 0.0164. The van der Waals surface area contributed by atoms with Gasteiger partial charge in [-0.15, -0.1) is 0 Å². The van der Waals surface area contributed by atoms with Crippen molar-refractivity contribution in [2.75, 3.05) is 19.0 Å². The van der Waals surface area contributed by atoms with E-state index < -0.39 is 15.8 Å². The van der Waals surface area contributed by atoms with Gasteiger partial charge in [0, 0.05) is 15.8 Å². The molecule has 0 bridgehead atoms. The average molecular weight is 375 g/mol. The molecule has 21 heavy (non-hydrogen) atoms. The van der Waals surface area contributed by atoms with Crippen molar-refractivity contribution in [3.05, 3.63) is 40.2 Å². The zero-order valence-electron chi connectivity index (χ0n) is 11.2. The summed E-state index contributed by atoms with van der Waals surface area (Å²) in [6.07, 6.45) is 1.61. The van der Waals surface area contributed by atoms with E-state index in [1.54, 1.807) is 12.1 Å². The van der Waals surface area contributed by atoms with Gasteiger partial charge in [0.2, 0.25) is 0 Å². The molecule has 1 aliphatic rings. The molecule has 0 radical (unpaired) electrons. The number of benzene rings is 1. The summed E-state index contributed by atoms with van der Waals surface area (Å²) in [7, 11) is -3.12. The maximum atomic E-state index is 11.6. The number of esters is 1. The second-order valence-corrected chi connectivity index (χ2v) is 7.49. The second-order valence-electron chi connectivity index (χ2n) is 4.65. The SMILES string of the molecule is O=C(CC1C=CS(=O)(=O)C1)OCCOc1ccc(Br)cc1. The number of carbonyl (C=O) groups excluding carboxylic acids is 1. The number of halogens is 1. The number of allylic oxidation sites excluding steroid dienone is 1. The quantitative estimate of drug-likeness (QED) is 0.564. The molecule has 7 heteroatoms. The molecule has 1 aromatic rings. The van der Waals surface area contributed by atoms with Crippen molar-refractivity contribution >= 4 is 31.7 Å². The lowest BCUT2D eigenvalue weighted by Gasteiger charge is -2.09. The molecule has 1 atom stereocenters. The van der Waals surface area contributed by atoms with E-state index in [1.807, 2.05) is 12.1 Å². The van der Waals surface area contributed by atoms with Gasteiger partial charge in [0.15, 0.2) is 9.84 Å². The summed E-state index contributed by atoms with van der Waals surface area (Å²) in [6.45, 7) is 0.393. The van der Waals surface area contributed by atoms with Gasteiger partial charge in [0.25, 0.3) is 0 Å². The van der Waals surface area contributed by atoms with E-state index in [9.17, 15) is 13.2 Å². The molecule has 0 aromatic heterocycles. The molecule has 0 fully saturated rings. The van der Waals surface area contributed by atoms with E-state index in [-0.39, 0.29) is 31.3 Å². The van der Waals surface area contributed by atoms with Gasteiger partial charge in [-0.25, -0.2) is 8.42 Å². The van der Waals surface area contributed by atoms with Crippen molar-refractivity contribution < 1.29 is 22.7 Å². The van der Waals surface area contributed by atoms with E-state index in [1.165, 1.54) is 6.08 Å². The number of sulfone groups is 1. The maximum Gasteiger partial charge on any atom is 0.306 e. The number of carbonyl (C=O) groups is 1. The maximum absolute atomic E-state index is 11.6. The van der Waals surface area contributed by atoms with Crippen molar-refractivity contribution in [1.82, 2.24) is 0 Å². The highest BCUT2D eigenvalue weighted by Crippen LogP contribution is 2.19. The van der Waals surface area contributed by atoms with Crippen molar-refractivity contribution in [2.45, 2.75) is 6.42 Å². The Hall–Kier alpha value is -1.34. The molecular formula is C14H15BrO5S. The molecule has 5 nitrogen and oxygen atoms in total. The summed E-state index contributed by atoms with van der Waals surface area (Å²) in [5.74, 6) is -0.0209. The van der Waals surface area contributed by atoms with E-state index in [2.05, 4.69) is 15.9 Å². The largest absolute Gasteiger partial charge is 0.490 e. The van der Waals surface area contributed by atoms with E-state index in [4.69, 9.17) is 9.47 Å². The highest BCUT2D eigenvalue weighted by atomic mass is 79.9. The van der Waals surface area contributed by atoms with Crippen LogP contribution in [0.1, 0.15) is 6.42 Å². The summed E-state index contributed by atoms with van der Waals surface area (Å²) >= 11 is 3.32. The number of hydrogen-bond donors (Lipinski definition) is 0. The van der Waals surface area contributed by atoms with E-state index in [0.717, 1.165) is 9.88 Å². The molecule has 1 aromatic carbocycles. The monoisotopic (exact) mass is 374 g/mol. The van der Waals surface area contributed by atoms with Gasteiger partial charge < -0.3 is 9.47 Å². The molecule has 0 amide bonds. The van der Waals surface area contributed by atoms with Crippen LogP contribution in [0.4, 0.5) is 0 Å². The number of rotatable bonds is 6. The lowest BCUT2D eigenvalue weighted by atomic mass is 10.1. The van der Waals surface area contributed by atoms with Crippen LogP contribution in [-0.2, 0) is 19.4 Å². The van der Waals surface area contributed by atoms with Crippen LogP contribution in [-0.4, -0.2) is 33.4 Å². The molecule has 1 unspecified atom stereocenters. The van der Waals surface area contributed by atoms with Crippen molar-refractivity contribution in [3.8, 4) is 5.75 Å². The van der Waals surface area contributed by atoms with Crippen LogP contribution in [0.2, 0.25) is 0 Å². The first kappa shape index (κ1) is 16.0. The Morgan fingerprint density at radius 3 is 2.57 bits per heavy atom. The third-order valence-electron chi connectivity index (χ3n) is 2.86. The Kier molecular flexibility index (Phi) is 5.41. The fourth-order valence-corrected chi connectivity index (χ4v) is 3.55. The Balaban J connectivity index is 1.64. The highest BCUT2D eigenvalue weighted by molar-refractivity contribution is 9.10. The van der Waals surface area contributed by atoms with E-state index in [0.29, 0.717) is 5.75 Å². The lowest BCUT2D eigenvalue weighted by Crippen LogP contribution is -2.16. The Bertz CT molecular complexity index is 621. The van der Waals surface area contributed by atoms with E-state index >= 15 is 0 Å². The molecule has 0 N–H and O–H groups in total. The number of ether oxygens (including phenoxy) is 2. The molecule has 0 saturated heterocycles. The van der Waals surface area contributed by atoms with Gasteiger partial charge >= 0.3 is 5.97 Å². The summed E-state index contributed by atoms with van der Waals surface area (Å²) < 4.78 is 33.8. The summed E-state index contributed by atoms with van der Waals surface area (Å²) in [6, 6.07) is 7.32. The van der Waals surface area contributed by atoms with Gasteiger partial charge in [-0.05, 0) is 24.3 Å². The molecular weight excluding hydrogens is 360 g/mol. The summed E-state index contributed by atoms with van der Waals surface area (Å²) in [4.78, 5) is 11.6. The molecule has 1 heterocycles. The molecule has 2 rings (SSSR count). The Morgan fingerprint density at radius 2 is 1.95 bits per heavy atom. The van der Waals surface area contributed by atoms with Gasteiger partial charge in [0.1, 0.15) is 19.0 Å². The van der Waals surface area contributed by atoms with Crippen LogP contribution >= 0.6 is 15.9 Å². The lowest BCUT2D eigenvalue weighted by molar-refractivity contribution is -0.144.